The molecule has 2 aromatic heterocycles. The number of benzene rings is 1. The molecule has 7 nitrogen and oxygen atoms in total. The van der Waals surface area contributed by atoms with E-state index in [-0.39, 0.29) is 5.56 Å². The van der Waals surface area contributed by atoms with Crippen LogP contribution in [0.5, 0.6) is 5.75 Å². The summed E-state index contributed by atoms with van der Waals surface area (Å²) >= 11 is 0. The molecule has 0 spiro atoms. The molecule has 0 fully saturated rings. The molecule has 0 atom stereocenters. The summed E-state index contributed by atoms with van der Waals surface area (Å²) in [7, 11) is 1.69. The van der Waals surface area contributed by atoms with Crippen molar-refractivity contribution in [3.8, 4) is 17.1 Å². The number of nitrogens with one attached hydrogen (secondary N) is 1. The van der Waals surface area contributed by atoms with Crippen molar-refractivity contribution in [2.45, 2.75) is 33.4 Å². The van der Waals surface area contributed by atoms with E-state index in [0.29, 0.717) is 17.9 Å². The van der Waals surface area contributed by atoms with Crippen LogP contribution in [-0.2, 0) is 19.5 Å². The Bertz CT molecular complexity index is 1060. The second kappa shape index (κ2) is 7.52. The van der Waals surface area contributed by atoms with Crippen LogP contribution >= 0.6 is 0 Å². The van der Waals surface area contributed by atoms with E-state index in [0.717, 1.165) is 42.1 Å². The molecule has 1 aliphatic heterocycles. The van der Waals surface area contributed by atoms with Crippen molar-refractivity contribution in [2.75, 3.05) is 13.7 Å². The lowest BCUT2D eigenvalue weighted by Crippen LogP contribution is -2.35. The van der Waals surface area contributed by atoms with Crippen LogP contribution in [0.1, 0.15) is 27.9 Å². The van der Waals surface area contributed by atoms with Gasteiger partial charge in [0.15, 0.2) is 0 Å². The fourth-order valence-corrected chi connectivity index (χ4v) is 3.66. The van der Waals surface area contributed by atoms with Crippen LogP contribution in [0.2, 0.25) is 0 Å². The van der Waals surface area contributed by atoms with Crippen molar-refractivity contribution >= 4 is 0 Å². The van der Waals surface area contributed by atoms with Gasteiger partial charge in [0.2, 0.25) is 0 Å². The zero-order chi connectivity index (χ0) is 19.7. The summed E-state index contributed by atoms with van der Waals surface area (Å²) in [6, 6.07) is 4.12. The molecular weight excluding hydrogens is 354 g/mol. The third-order valence-electron chi connectivity index (χ3n) is 5.45. The Morgan fingerprint density at radius 2 is 1.96 bits per heavy atom. The maximum atomic E-state index is 12.7. The Balaban J connectivity index is 1.58. The van der Waals surface area contributed by atoms with Gasteiger partial charge in [-0.25, -0.2) is 15.0 Å². The largest absolute Gasteiger partial charge is 0.496 e. The van der Waals surface area contributed by atoms with E-state index in [9.17, 15) is 4.79 Å². The van der Waals surface area contributed by atoms with Crippen LogP contribution in [0, 0.1) is 13.8 Å². The van der Waals surface area contributed by atoms with Gasteiger partial charge in [0.25, 0.3) is 5.56 Å². The van der Waals surface area contributed by atoms with Crippen LogP contribution in [0.15, 0.2) is 35.6 Å². The number of methoxy groups -OCH3 is 1. The Morgan fingerprint density at radius 1 is 1.18 bits per heavy atom. The van der Waals surface area contributed by atoms with E-state index in [1.54, 1.807) is 19.5 Å². The summed E-state index contributed by atoms with van der Waals surface area (Å²) in [6.07, 6.45) is 5.51. The van der Waals surface area contributed by atoms with Crippen molar-refractivity contribution in [1.29, 1.82) is 0 Å². The maximum Gasteiger partial charge on any atom is 0.255 e. The number of aromatic amines is 1. The van der Waals surface area contributed by atoms with Crippen LogP contribution in [-0.4, -0.2) is 38.5 Å². The number of hydrogen-bond acceptors (Lipinski definition) is 6. The monoisotopic (exact) mass is 377 g/mol. The average Bonchev–Trinajstić information content (AvgIpc) is 2.72. The molecule has 7 heteroatoms. The molecule has 1 N–H and O–H groups in total. The van der Waals surface area contributed by atoms with Crippen molar-refractivity contribution in [3.63, 3.8) is 0 Å². The molecule has 0 amide bonds. The van der Waals surface area contributed by atoms with E-state index < -0.39 is 0 Å². The Hall–Kier alpha value is -3.06. The number of rotatable bonds is 4. The highest BCUT2D eigenvalue weighted by Gasteiger charge is 2.22. The summed E-state index contributed by atoms with van der Waals surface area (Å²) in [4.78, 5) is 30.5. The molecule has 0 radical (unpaired) electrons. The lowest BCUT2D eigenvalue weighted by molar-refractivity contribution is 0.241. The lowest BCUT2D eigenvalue weighted by Gasteiger charge is -2.28. The minimum absolute atomic E-state index is 0.0869. The van der Waals surface area contributed by atoms with Gasteiger partial charge in [-0.15, -0.1) is 0 Å². The number of hydrogen-bond donors (Lipinski definition) is 1. The molecule has 0 unspecified atom stereocenters. The van der Waals surface area contributed by atoms with E-state index >= 15 is 0 Å². The SMILES string of the molecule is COc1ccc(CN2CCc3nc(-c4cncnc4)[nH]c(=O)c3C2)c(C)c1C. The van der Waals surface area contributed by atoms with Gasteiger partial charge in [-0.3, -0.25) is 9.69 Å². The topological polar surface area (TPSA) is 84.0 Å². The number of ether oxygens (including phenoxy) is 1. The van der Waals surface area contributed by atoms with Crippen molar-refractivity contribution in [1.82, 2.24) is 24.8 Å². The van der Waals surface area contributed by atoms with Crippen molar-refractivity contribution < 1.29 is 4.74 Å². The second-order valence-corrected chi connectivity index (χ2v) is 7.10. The van der Waals surface area contributed by atoms with Crippen LogP contribution < -0.4 is 10.3 Å². The first-order valence-corrected chi connectivity index (χ1v) is 9.29. The van der Waals surface area contributed by atoms with Gasteiger partial charge in [0, 0.05) is 38.4 Å². The zero-order valence-electron chi connectivity index (χ0n) is 16.3. The van der Waals surface area contributed by atoms with Crippen molar-refractivity contribution in [2.24, 2.45) is 0 Å². The van der Waals surface area contributed by atoms with E-state index in [2.05, 4.69) is 44.7 Å². The molecule has 3 heterocycles. The zero-order valence-corrected chi connectivity index (χ0v) is 16.3. The minimum Gasteiger partial charge on any atom is -0.496 e. The van der Waals surface area contributed by atoms with Gasteiger partial charge in [0.05, 0.1) is 23.9 Å². The number of fused-ring (bicyclic) bond motifs is 1. The first-order valence-electron chi connectivity index (χ1n) is 9.29. The highest BCUT2D eigenvalue weighted by Crippen LogP contribution is 2.26. The summed E-state index contributed by atoms with van der Waals surface area (Å²) < 4.78 is 5.40. The maximum absolute atomic E-state index is 12.7. The normalized spacial score (nSPS) is 14.0. The summed E-state index contributed by atoms with van der Waals surface area (Å²) in [6.45, 7) is 6.44. The van der Waals surface area contributed by atoms with E-state index in [1.165, 1.54) is 17.5 Å². The number of aromatic nitrogens is 4. The molecule has 1 aliphatic rings. The summed E-state index contributed by atoms with van der Waals surface area (Å²) in [5.41, 5.74) is 5.88. The quantitative estimate of drug-likeness (QED) is 0.752. The van der Waals surface area contributed by atoms with E-state index in [4.69, 9.17) is 4.74 Å². The molecule has 4 rings (SSSR count). The van der Waals surface area contributed by atoms with Gasteiger partial charge in [-0.1, -0.05) is 6.07 Å². The van der Waals surface area contributed by atoms with Gasteiger partial charge in [0.1, 0.15) is 17.9 Å². The molecule has 0 aliphatic carbocycles. The van der Waals surface area contributed by atoms with Gasteiger partial charge in [-0.2, -0.15) is 0 Å². The van der Waals surface area contributed by atoms with Crippen LogP contribution in [0.3, 0.4) is 0 Å². The molecule has 1 aromatic carbocycles. The highest BCUT2D eigenvalue weighted by molar-refractivity contribution is 5.52. The smallest absolute Gasteiger partial charge is 0.255 e. The summed E-state index contributed by atoms with van der Waals surface area (Å²) in [5, 5.41) is 0. The molecule has 144 valence electrons. The first-order chi connectivity index (χ1) is 13.6. The highest BCUT2D eigenvalue weighted by atomic mass is 16.5. The Kier molecular flexibility index (Phi) is 4.92. The minimum atomic E-state index is -0.0869. The standard InChI is InChI=1S/C21H23N5O2/c1-13-14(2)19(28-3)5-4-15(13)10-26-7-6-18-17(11-26)21(27)25-20(24-18)16-8-22-12-23-9-16/h4-5,8-9,12H,6-7,10-11H2,1-3H3,(H,24,25,27). The molecule has 0 bridgehead atoms. The van der Waals surface area contributed by atoms with Crippen LogP contribution in [0.4, 0.5) is 0 Å². The first kappa shape index (κ1) is 18.3. The number of nitrogens with zero attached hydrogens (tertiary/aromatic N) is 4. The van der Waals surface area contributed by atoms with Gasteiger partial charge in [-0.05, 0) is 36.6 Å². The summed E-state index contributed by atoms with van der Waals surface area (Å²) in [5.74, 6) is 1.43. The molecule has 0 saturated carbocycles. The van der Waals surface area contributed by atoms with E-state index in [1.807, 2.05) is 6.07 Å². The number of H-pyrrole nitrogens is 1. The molecule has 3 aromatic rings. The van der Waals surface area contributed by atoms with Crippen molar-refractivity contribution in [3.05, 3.63) is 69.2 Å². The fourth-order valence-electron chi connectivity index (χ4n) is 3.66. The third kappa shape index (κ3) is 3.41. The third-order valence-corrected chi connectivity index (χ3v) is 5.45. The van der Waals surface area contributed by atoms with Gasteiger partial charge < -0.3 is 9.72 Å². The Morgan fingerprint density at radius 3 is 2.71 bits per heavy atom. The predicted molar refractivity (Wildman–Crippen MR) is 106 cm³/mol. The molecular formula is C21H23N5O2. The van der Waals surface area contributed by atoms with Gasteiger partial charge >= 0.3 is 0 Å². The lowest BCUT2D eigenvalue weighted by atomic mass is 10.0. The van der Waals surface area contributed by atoms with Crippen LogP contribution in [0.25, 0.3) is 11.4 Å². The Labute approximate surface area is 163 Å². The average molecular weight is 377 g/mol. The molecule has 0 saturated heterocycles. The second-order valence-electron chi connectivity index (χ2n) is 7.10. The molecule has 28 heavy (non-hydrogen) atoms. The predicted octanol–water partition coefficient (Wildman–Crippen LogP) is 2.41. The fraction of sp³-hybridized carbons (Fsp3) is 0.333.